The van der Waals surface area contributed by atoms with Crippen molar-refractivity contribution in [3.8, 4) is 0 Å². The minimum Gasteiger partial charge on any atom is -0.312 e. The van der Waals surface area contributed by atoms with Crippen molar-refractivity contribution in [1.29, 1.82) is 0 Å². The molecule has 1 aromatic heterocycles. The zero-order valence-corrected chi connectivity index (χ0v) is 20.8. The predicted molar refractivity (Wildman–Crippen MR) is 133 cm³/mol. The Morgan fingerprint density at radius 3 is 2.56 bits per heavy atom. The van der Waals surface area contributed by atoms with Crippen molar-refractivity contribution in [2.45, 2.75) is 37.5 Å². The smallest absolute Gasteiger partial charge is 0.312 e. The van der Waals surface area contributed by atoms with Crippen LogP contribution in [0.3, 0.4) is 0 Å². The lowest BCUT2D eigenvalue weighted by Gasteiger charge is -2.26. The third-order valence-electron chi connectivity index (χ3n) is 6.36. The maximum atomic E-state index is 14.0. The van der Waals surface area contributed by atoms with Crippen LogP contribution in [-0.4, -0.2) is 15.0 Å². The van der Waals surface area contributed by atoms with Crippen molar-refractivity contribution < 1.29 is 26.0 Å². The van der Waals surface area contributed by atoms with Gasteiger partial charge in [0, 0.05) is 11.2 Å². The first kappa shape index (κ1) is 24.7. The summed E-state index contributed by atoms with van der Waals surface area (Å²) in [5.41, 5.74) is 1.24. The first-order valence-electron chi connectivity index (χ1n) is 11.2. The van der Waals surface area contributed by atoms with Crippen LogP contribution in [-0.2, 0) is 35.7 Å². The van der Waals surface area contributed by atoms with Crippen LogP contribution in [0, 0.1) is 12.7 Å². The molecule has 4 nitrogen and oxygen atoms in total. The number of anilines is 1. The summed E-state index contributed by atoms with van der Waals surface area (Å²) < 4.78 is 84.1. The minimum atomic E-state index is -4.90. The Hall–Kier alpha value is -2.95. The number of hydrogen-bond acceptors (Lipinski definition) is 4. The van der Waals surface area contributed by atoms with E-state index in [0.29, 0.717) is 23.2 Å². The van der Waals surface area contributed by atoms with Gasteiger partial charge >= 0.3 is 6.18 Å². The van der Waals surface area contributed by atoms with Crippen LogP contribution in [0.2, 0.25) is 0 Å². The van der Waals surface area contributed by atoms with Gasteiger partial charge < -0.3 is 5.32 Å². The number of sulfonamides is 1. The van der Waals surface area contributed by atoms with Crippen molar-refractivity contribution in [1.82, 2.24) is 5.32 Å². The molecule has 10 heteroatoms. The van der Waals surface area contributed by atoms with Gasteiger partial charge in [0.05, 0.1) is 17.0 Å². The van der Waals surface area contributed by atoms with E-state index in [-0.39, 0.29) is 17.0 Å². The van der Waals surface area contributed by atoms with Crippen molar-refractivity contribution in [3.63, 3.8) is 0 Å². The second-order valence-corrected chi connectivity index (χ2v) is 11.6. The van der Waals surface area contributed by atoms with E-state index in [1.165, 1.54) is 17.4 Å². The van der Waals surface area contributed by atoms with E-state index in [9.17, 15) is 26.0 Å². The summed E-state index contributed by atoms with van der Waals surface area (Å²) in [7, 11) is -4.17. The van der Waals surface area contributed by atoms with E-state index < -0.39 is 27.6 Å². The Kier molecular flexibility index (Phi) is 6.30. The fourth-order valence-corrected chi connectivity index (χ4v) is 7.45. The van der Waals surface area contributed by atoms with Gasteiger partial charge in [0.25, 0.3) is 10.0 Å². The van der Waals surface area contributed by atoms with E-state index in [2.05, 4.69) is 5.32 Å². The van der Waals surface area contributed by atoms with Crippen molar-refractivity contribution >= 4 is 36.4 Å². The highest BCUT2D eigenvalue weighted by Crippen LogP contribution is 2.41. The van der Waals surface area contributed by atoms with Crippen LogP contribution >= 0.6 is 11.3 Å². The summed E-state index contributed by atoms with van der Waals surface area (Å²) in [4.78, 5) is 0.0555. The minimum absolute atomic E-state index is 0.0313. The summed E-state index contributed by atoms with van der Waals surface area (Å²) in [5.74, 6) is -1.40. The molecule has 5 rings (SSSR count). The fraction of sp³-hybridized carbons (Fsp3) is 0.231. The summed E-state index contributed by atoms with van der Waals surface area (Å²) in [6.45, 7) is 2.75. The Balaban J connectivity index is 1.65. The second-order valence-electron chi connectivity index (χ2n) is 8.71. The number of alkyl halides is 3. The van der Waals surface area contributed by atoms with Gasteiger partial charge in [-0.25, -0.2) is 12.8 Å². The Labute approximate surface area is 210 Å². The predicted octanol–water partition coefficient (Wildman–Crippen LogP) is 6.41. The molecule has 0 spiro atoms. The highest BCUT2D eigenvalue weighted by atomic mass is 32.2. The number of hydrogen-bond donors (Lipinski definition) is 1. The normalized spacial score (nSPS) is 14.1. The molecule has 0 atom stereocenters. The molecular formula is C26H22F4N2O2S2. The molecule has 0 fully saturated rings. The van der Waals surface area contributed by atoms with Gasteiger partial charge in [0.2, 0.25) is 0 Å². The van der Waals surface area contributed by atoms with Crippen LogP contribution in [0.25, 0.3) is 10.1 Å². The highest BCUT2D eigenvalue weighted by molar-refractivity contribution is 7.93. The number of rotatable bonds is 5. The Morgan fingerprint density at radius 1 is 1.03 bits per heavy atom. The monoisotopic (exact) mass is 534 g/mol. The third kappa shape index (κ3) is 4.49. The largest absolute Gasteiger partial charge is 0.419 e. The molecule has 0 aliphatic carbocycles. The van der Waals surface area contributed by atoms with Crippen LogP contribution in [0.15, 0.2) is 65.6 Å². The van der Waals surface area contributed by atoms with E-state index >= 15 is 0 Å². The molecule has 3 aromatic carbocycles. The lowest BCUT2D eigenvalue weighted by atomic mass is 10.0. The molecule has 36 heavy (non-hydrogen) atoms. The van der Waals surface area contributed by atoms with Gasteiger partial charge in [-0.3, -0.25) is 4.31 Å². The summed E-state index contributed by atoms with van der Waals surface area (Å²) in [6.07, 6.45) is -4.12. The first-order valence-corrected chi connectivity index (χ1v) is 13.5. The van der Waals surface area contributed by atoms with Crippen LogP contribution in [0.5, 0.6) is 0 Å². The Morgan fingerprint density at radius 2 is 1.81 bits per heavy atom. The van der Waals surface area contributed by atoms with Gasteiger partial charge in [-0.05, 0) is 77.9 Å². The zero-order valence-electron chi connectivity index (χ0n) is 19.2. The number of nitrogens with one attached hydrogen (secondary N) is 1. The average molecular weight is 535 g/mol. The highest BCUT2D eigenvalue weighted by Gasteiger charge is 2.35. The number of aryl methyl sites for hydroxylation is 1. The van der Waals surface area contributed by atoms with Crippen LogP contribution in [0.4, 0.5) is 22.6 Å². The molecule has 1 aliphatic heterocycles. The second kappa shape index (κ2) is 9.17. The Bertz CT molecular complexity index is 1560. The number of fused-ring (bicyclic) bond motifs is 2. The number of thiophene rings is 1. The van der Waals surface area contributed by atoms with Gasteiger partial charge in [-0.15, -0.1) is 11.3 Å². The van der Waals surface area contributed by atoms with Crippen molar-refractivity contribution in [2.24, 2.45) is 0 Å². The first-order chi connectivity index (χ1) is 17.1. The van der Waals surface area contributed by atoms with Gasteiger partial charge in [0.15, 0.2) is 0 Å². The third-order valence-corrected chi connectivity index (χ3v) is 9.51. The van der Waals surface area contributed by atoms with Gasteiger partial charge in [-0.2, -0.15) is 13.2 Å². The van der Waals surface area contributed by atoms with E-state index in [1.807, 2.05) is 24.3 Å². The average Bonchev–Trinajstić information content (AvgIpc) is 3.18. The van der Waals surface area contributed by atoms with Crippen LogP contribution < -0.4 is 9.62 Å². The van der Waals surface area contributed by atoms with Crippen LogP contribution in [0.1, 0.15) is 27.8 Å². The molecule has 0 amide bonds. The molecule has 0 bridgehead atoms. The standard InChI is InChI=1S/C26H22F4N2O2S2/c1-16-21-4-2-3-5-24(21)35-25(16)32(15-17-6-9-23(27)22(12-17)26(28,29)30)36(33,34)20-8-7-18-10-11-31-14-19(18)13-20/h2-9,12-13,31H,10-11,14-15H2,1H3. The molecule has 2 heterocycles. The van der Waals surface area contributed by atoms with Crippen molar-refractivity contribution in [2.75, 3.05) is 10.8 Å². The summed E-state index contributed by atoms with van der Waals surface area (Å²) >= 11 is 1.25. The van der Waals surface area contributed by atoms with E-state index in [1.54, 1.807) is 25.1 Å². The molecule has 0 saturated heterocycles. The molecule has 1 aliphatic rings. The van der Waals surface area contributed by atoms with E-state index in [0.717, 1.165) is 44.6 Å². The number of nitrogens with zero attached hydrogens (tertiary/aromatic N) is 1. The van der Waals surface area contributed by atoms with Gasteiger partial charge in [0.1, 0.15) is 10.8 Å². The molecule has 188 valence electrons. The lowest BCUT2D eigenvalue weighted by Crippen LogP contribution is -2.31. The molecule has 4 aromatic rings. The maximum absolute atomic E-state index is 14.0. The quantitative estimate of drug-likeness (QED) is 0.301. The van der Waals surface area contributed by atoms with Crippen molar-refractivity contribution in [3.05, 3.63) is 94.3 Å². The molecule has 0 radical (unpaired) electrons. The van der Waals surface area contributed by atoms with Gasteiger partial charge in [-0.1, -0.05) is 30.3 Å². The molecule has 1 N–H and O–H groups in total. The fourth-order valence-electron chi connectivity index (χ4n) is 4.46. The molecule has 0 unspecified atom stereocenters. The summed E-state index contributed by atoms with van der Waals surface area (Å²) in [6, 6.07) is 15.0. The lowest BCUT2D eigenvalue weighted by molar-refractivity contribution is -0.140. The molecule has 0 saturated carbocycles. The zero-order chi connectivity index (χ0) is 25.7. The maximum Gasteiger partial charge on any atom is 0.419 e. The topological polar surface area (TPSA) is 49.4 Å². The SMILES string of the molecule is Cc1c(N(Cc2ccc(F)c(C(F)(F)F)c2)S(=O)(=O)c2ccc3c(c2)CNCC3)sc2ccccc12. The van der Waals surface area contributed by atoms with E-state index in [4.69, 9.17) is 0 Å². The molecular weight excluding hydrogens is 512 g/mol. The summed E-state index contributed by atoms with van der Waals surface area (Å²) in [5, 5.41) is 4.50. The number of benzene rings is 3. The number of halogens is 4.